The minimum atomic E-state index is 0.0208. The Morgan fingerprint density at radius 2 is 1.59 bits per heavy atom. The van der Waals surface area contributed by atoms with E-state index in [9.17, 15) is 15.3 Å². The van der Waals surface area contributed by atoms with Crippen LogP contribution in [0.3, 0.4) is 0 Å². The molecule has 114 valence electrons. The van der Waals surface area contributed by atoms with Gasteiger partial charge in [-0.3, -0.25) is 0 Å². The highest BCUT2D eigenvalue weighted by Gasteiger charge is 2.02. The number of hydrogen-bond donors (Lipinski definition) is 3. The Kier molecular flexibility index (Phi) is 4.89. The van der Waals surface area contributed by atoms with Crippen LogP contribution < -0.4 is 0 Å². The fourth-order valence-corrected chi connectivity index (χ4v) is 2.16. The Hall–Kier alpha value is -2.68. The fraction of sp³-hybridized carbons (Fsp3) is 0.158. The van der Waals surface area contributed by atoms with Gasteiger partial charge in [-0.1, -0.05) is 23.8 Å². The monoisotopic (exact) mass is 296 g/mol. The van der Waals surface area contributed by atoms with Crippen molar-refractivity contribution < 1.29 is 15.3 Å². The lowest BCUT2D eigenvalue weighted by molar-refractivity contribution is 0.450. The highest BCUT2D eigenvalue weighted by atomic mass is 16.3. The Morgan fingerprint density at radius 3 is 2.23 bits per heavy atom. The molecule has 0 bridgehead atoms. The van der Waals surface area contributed by atoms with Gasteiger partial charge in [-0.25, -0.2) is 0 Å². The summed E-state index contributed by atoms with van der Waals surface area (Å²) in [4.78, 5) is 0. The molecular weight excluding hydrogens is 276 g/mol. The predicted octanol–water partition coefficient (Wildman–Crippen LogP) is 4.48. The van der Waals surface area contributed by atoms with Crippen LogP contribution in [0, 0.1) is 0 Å². The van der Waals surface area contributed by atoms with Crippen molar-refractivity contribution >= 4 is 12.2 Å². The molecular formula is C19H20O3. The summed E-state index contributed by atoms with van der Waals surface area (Å²) in [7, 11) is 0. The van der Waals surface area contributed by atoms with E-state index in [-0.39, 0.29) is 17.2 Å². The first-order valence-corrected chi connectivity index (χ1v) is 7.11. The van der Waals surface area contributed by atoms with E-state index in [2.05, 4.69) is 6.58 Å². The zero-order chi connectivity index (χ0) is 16.1. The first kappa shape index (κ1) is 15.7. The number of phenols is 3. The van der Waals surface area contributed by atoms with Crippen molar-refractivity contribution in [1.82, 2.24) is 0 Å². The van der Waals surface area contributed by atoms with Crippen molar-refractivity contribution in [3.8, 4) is 17.2 Å². The maximum absolute atomic E-state index is 9.89. The van der Waals surface area contributed by atoms with E-state index < -0.39 is 0 Å². The van der Waals surface area contributed by atoms with Gasteiger partial charge in [-0.15, -0.1) is 6.58 Å². The lowest BCUT2D eigenvalue weighted by Gasteiger charge is -2.06. The van der Waals surface area contributed by atoms with Crippen LogP contribution >= 0.6 is 0 Å². The number of phenolic OH excluding ortho intramolecular Hbond substituents is 3. The summed E-state index contributed by atoms with van der Waals surface area (Å²) in [5.74, 6) is 0.327. The van der Waals surface area contributed by atoms with Gasteiger partial charge in [0.15, 0.2) is 0 Å². The van der Waals surface area contributed by atoms with Gasteiger partial charge in [0.2, 0.25) is 0 Å². The second kappa shape index (κ2) is 6.85. The summed E-state index contributed by atoms with van der Waals surface area (Å²) >= 11 is 0. The summed E-state index contributed by atoms with van der Waals surface area (Å²) in [6.45, 7) is 5.84. The molecule has 0 amide bonds. The fourth-order valence-electron chi connectivity index (χ4n) is 2.16. The molecule has 2 aromatic rings. The van der Waals surface area contributed by atoms with Gasteiger partial charge in [0.25, 0.3) is 0 Å². The van der Waals surface area contributed by atoms with Gasteiger partial charge in [-0.05, 0) is 60.7 Å². The molecule has 0 aliphatic rings. The van der Waals surface area contributed by atoms with E-state index in [1.807, 2.05) is 25.1 Å². The Bertz CT molecular complexity index is 694. The average Bonchev–Trinajstić information content (AvgIpc) is 2.44. The third-order valence-electron chi connectivity index (χ3n) is 3.32. The van der Waals surface area contributed by atoms with E-state index in [0.29, 0.717) is 5.56 Å². The van der Waals surface area contributed by atoms with Crippen LogP contribution in [0.1, 0.15) is 30.0 Å². The molecule has 0 saturated carbocycles. The number of aromatic hydroxyl groups is 3. The quantitative estimate of drug-likeness (QED) is 0.563. The summed E-state index contributed by atoms with van der Waals surface area (Å²) in [5.41, 5.74) is 3.60. The van der Waals surface area contributed by atoms with E-state index in [0.717, 1.165) is 29.5 Å². The molecule has 22 heavy (non-hydrogen) atoms. The number of allylic oxidation sites excluding steroid dienone is 1. The van der Waals surface area contributed by atoms with Crippen molar-refractivity contribution in [2.45, 2.75) is 19.8 Å². The van der Waals surface area contributed by atoms with Crippen molar-refractivity contribution in [2.75, 3.05) is 0 Å². The predicted molar refractivity (Wildman–Crippen MR) is 89.9 cm³/mol. The van der Waals surface area contributed by atoms with Crippen molar-refractivity contribution in [3.63, 3.8) is 0 Å². The van der Waals surface area contributed by atoms with Crippen molar-refractivity contribution in [2.24, 2.45) is 0 Å². The van der Waals surface area contributed by atoms with Gasteiger partial charge in [0.1, 0.15) is 17.2 Å². The molecule has 0 aliphatic heterocycles. The SMILES string of the molecule is C=C(C)CCc1cc(C=Cc2cc(O)cc(O)c2)ccc1O. The highest BCUT2D eigenvalue weighted by Crippen LogP contribution is 2.24. The Morgan fingerprint density at radius 1 is 0.955 bits per heavy atom. The summed E-state index contributed by atoms with van der Waals surface area (Å²) < 4.78 is 0. The van der Waals surface area contributed by atoms with Crippen LogP contribution in [-0.2, 0) is 6.42 Å². The molecule has 2 aromatic carbocycles. The van der Waals surface area contributed by atoms with E-state index in [1.54, 1.807) is 24.3 Å². The summed E-state index contributed by atoms with van der Waals surface area (Å²) in [6.07, 6.45) is 5.25. The Labute approximate surface area is 130 Å². The van der Waals surface area contributed by atoms with Crippen LogP contribution in [0.15, 0.2) is 48.6 Å². The molecule has 0 unspecified atom stereocenters. The van der Waals surface area contributed by atoms with Gasteiger partial charge in [-0.2, -0.15) is 0 Å². The smallest absolute Gasteiger partial charge is 0.119 e. The third-order valence-corrected chi connectivity index (χ3v) is 3.32. The molecule has 2 rings (SSSR count). The first-order valence-electron chi connectivity index (χ1n) is 7.11. The van der Waals surface area contributed by atoms with Crippen LogP contribution in [0.4, 0.5) is 0 Å². The molecule has 0 radical (unpaired) electrons. The van der Waals surface area contributed by atoms with Crippen LogP contribution in [0.2, 0.25) is 0 Å². The van der Waals surface area contributed by atoms with E-state index in [4.69, 9.17) is 0 Å². The minimum absolute atomic E-state index is 0.0208. The molecule has 3 heteroatoms. The molecule has 0 spiro atoms. The van der Waals surface area contributed by atoms with E-state index >= 15 is 0 Å². The lowest BCUT2D eigenvalue weighted by Crippen LogP contribution is -1.88. The zero-order valence-electron chi connectivity index (χ0n) is 12.6. The number of hydrogen-bond acceptors (Lipinski definition) is 3. The number of aryl methyl sites for hydroxylation is 1. The average molecular weight is 296 g/mol. The Balaban J connectivity index is 2.20. The van der Waals surface area contributed by atoms with Gasteiger partial charge < -0.3 is 15.3 Å². The van der Waals surface area contributed by atoms with Gasteiger partial charge >= 0.3 is 0 Å². The first-order chi connectivity index (χ1) is 10.4. The maximum Gasteiger partial charge on any atom is 0.119 e. The second-order valence-corrected chi connectivity index (χ2v) is 5.46. The molecule has 0 heterocycles. The highest BCUT2D eigenvalue weighted by molar-refractivity contribution is 5.71. The van der Waals surface area contributed by atoms with Crippen LogP contribution in [-0.4, -0.2) is 15.3 Å². The lowest BCUT2D eigenvalue weighted by atomic mass is 10.0. The molecule has 3 nitrogen and oxygen atoms in total. The minimum Gasteiger partial charge on any atom is -0.508 e. The normalized spacial score (nSPS) is 11.0. The van der Waals surface area contributed by atoms with Crippen LogP contribution in [0.5, 0.6) is 17.2 Å². The molecule has 0 aliphatic carbocycles. The molecule has 0 saturated heterocycles. The zero-order valence-corrected chi connectivity index (χ0v) is 12.6. The molecule has 0 atom stereocenters. The van der Waals surface area contributed by atoms with Gasteiger partial charge in [0, 0.05) is 6.07 Å². The van der Waals surface area contributed by atoms with E-state index in [1.165, 1.54) is 6.07 Å². The van der Waals surface area contributed by atoms with Crippen LogP contribution in [0.25, 0.3) is 12.2 Å². The topological polar surface area (TPSA) is 60.7 Å². The largest absolute Gasteiger partial charge is 0.508 e. The molecule has 0 aromatic heterocycles. The molecule has 0 fully saturated rings. The van der Waals surface area contributed by atoms with Crippen molar-refractivity contribution in [3.05, 3.63) is 65.2 Å². The molecule has 3 N–H and O–H groups in total. The van der Waals surface area contributed by atoms with Crippen molar-refractivity contribution in [1.29, 1.82) is 0 Å². The third kappa shape index (κ3) is 4.42. The number of rotatable bonds is 5. The second-order valence-electron chi connectivity index (χ2n) is 5.46. The number of benzene rings is 2. The maximum atomic E-state index is 9.89. The van der Waals surface area contributed by atoms with Gasteiger partial charge in [0.05, 0.1) is 0 Å². The standard InChI is InChI=1S/C19H20O3/c1-13(2)3-7-16-9-14(6-8-19(16)22)4-5-15-10-17(20)12-18(21)11-15/h4-6,8-12,20-22H,1,3,7H2,2H3. The summed E-state index contributed by atoms with van der Waals surface area (Å²) in [5, 5.41) is 28.8. The summed E-state index contributed by atoms with van der Waals surface area (Å²) in [6, 6.07) is 9.84.